The van der Waals surface area contributed by atoms with Crippen LogP contribution in [0.5, 0.6) is 23.0 Å². The summed E-state index contributed by atoms with van der Waals surface area (Å²) in [6.07, 6.45) is 1.79. The third-order valence-corrected chi connectivity index (χ3v) is 7.87. The van der Waals surface area contributed by atoms with Crippen LogP contribution < -0.4 is 9.47 Å². The number of ether oxygens (including phenoxy) is 2. The lowest BCUT2D eigenvalue weighted by atomic mass is 9.63. The molecule has 1 amide bonds. The Bertz CT molecular complexity index is 1270. The van der Waals surface area contributed by atoms with Gasteiger partial charge in [-0.15, -0.1) is 0 Å². The number of carbonyl (C=O) groups is 1. The minimum absolute atomic E-state index is 0.0217. The Kier molecular flexibility index (Phi) is 5.72. The van der Waals surface area contributed by atoms with Gasteiger partial charge in [0.2, 0.25) is 0 Å². The number of piperidine rings is 1. The summed E-state index contributed by atoms with van der Waals surface area (Å²) >= 11 is 0. The van der Waals surface area contributed by atoms with E-state index in [0.717, 1.165) is 30.5 Å². The van der Waals surface area contributed by atoms with E-state index in [1.807, 2.05) is 47.4 Å². The number of hydrogen-bond donors (Lipinski definition) is 2. The molecule has 0 radical (unpaired) electrons. The topological polar surface area (TPSA) is 82.5 Å². The van der Waals surface area contributed by atoms with Gasteiger partial charge in [-0.3, -0.25) is 9.69 Å². The maximum Gasteiger partial charge on any atom is 0.253 e. The van der Waals surface area contributed by atoms with E-state index in [4.69, 9.17) is 9.47 Å². The van der Waals surface area contributed by atoms with E-state index in [1.165, 1.54) is 0 Å². The second kappa shape index (κ2) is 9.06. The fraction of sp³-hybridized carbons (Fsp3) is 0.345. The molecule has 0 aromatic heterocycles. The van der Waals surface area contributed by atoms with Gasteiger partial charge in [0.05, 0.1) is 0 Å². The second-order valence-electron chi connectivity index (χ2n) is 10.0. The molecule has 2 N–H and O–H groups in total. The van der Waals surface area contributed by atoms with E-state index in [-0.39, 0.29) is 23.1 Å². The highest BCUT2D eigenvalue weighted by Gasteiger charge is 2.54. The Morgan fingerprint density at radius 3 is 2.39 bits per heavy atom. The molecule has 6 rings (SSSR count). The molecule has 1 spiro atoms. The average Bonchev–Trinajstić information content (AvgIpc) is 2.90. The van der Waals surface area contributed by atoms with Crippen molar-refractivity contribution in [1.82, 2.24) is 9.80 Å². The molecule has 1 atom stereocenters. The van der Waals surface area contributed by atoms with Gasteiger partial charge < -0.3 is 24.6 Å². The number of para-hydroxylation sites is 1. The van der Waals surface area contributed by atoms with Gasteiger partial charge in [-0.1, -0.05) is 30.3 Å². The van der Waals surface area contributed by atoms with Gasteiger partial charge in [0, 0.05) is 48.8 Å². The first-order valence-electron chi connectivity index (χ1n) is 12.5. The number of likely N-dealkylation sites (tertiary alicyclic amines) is 2. The molecule has 1 unspecified atom stereocenters. The molecule has 186 valence electrons. The number of rotatable bonds is 4. The van der Waals surface area contributed by atoms with Crippen molar-refractivity contribution in [1.29, 1.82) is 0 Å². The summed E-state index contributed by atoms with van der Waals surface area (Å²) in [5.74, 6) is 1.90. The molecular formula is C29H30N2O5. The van der Waals surface area contributed by atoms with Crippen LogP contribution in [0.4, 0.5) is 0 Å². The van der Waals surface area contributed by atoms with Crippen LogP contribution in [0.15, 0.2) is 66.7 Å². The molecule has 0 bridgehead atoms. The monoisotopic (exact) mass is 486 g/mol. The predicted molar refractivity (Wildman–Crippen MR) is 134 cm³/mol. The van der Waals surface area contributed by atoms with Crippen LogP contribution in [0.2, 0.25) is 0 Å². The third-order valence-electron chi connectivity index (χ3n) is 7.87. The van der Waals surface area contributed by atoms with Gasteiger partial charge in [0.1, 0.15) is 24.7 Å². The number of nitrogens with zero attached hydrogens (tertiary/aromatic N) is 2. The van der Waals surface area contributed by atoms with Crippen LogP contribution in [0.1, 0.15) is 40.4 Å². The van der Waals surface area contributed by atoms with Crippen molar-refractivity contribution in [2.24, 2.45) is 5.41 Å². The Labute approximate surface area is 210 Å². The number of benzene rings is 3. The molecule has 3 aromatic rings. The molecule has 0 aliphatic carbocycles. The van der Waals surface area contributed by atoms with Crippen LogP contribution in [-0.4, -0.2) is 58.8 Å². The average molecular weight is 487 g/mol. The van der Waals surface area contributed by atoms with Crippen molar-refractivity contribution in [2.45, 2.75) is 25.4 Å². The van der Waals surface area contributed by atoms with Gasteiger partial charge in [-0.25, -0.2) is 0 Å². The smallest absolute Gasteiger partial charge is 0.253 e. The van der Waals surface area contributed by atoms with Crippen molar-refractivity contribution in [3.63, 3.8) is 0 Å². The highest BCUT2D eigenvalue weighted by atomic mass is 16.6. The Morgan fingerprint density at radius 1 is 0.917 bits per heavy atom. The lowest BCUT2D eigenvalue weighted by Crippen LogP contribution is -2.62. The molecule has 7 nitrogen and oxygen atoms in total. The van der Waals surface area contributed by atoms with Crippen molar-refractivity contribution >= 4 is 5.91 Å². The molecular weight excluding hydrogens is 456 g/mol. The first-order chi connectivity index (χ1) is 17.5. The highest BCUT2D eigenvalue weighted by molar-refractivity contribution is 5.95. The van der Waals surface area contributed by atoms with Crippen LogP contribution in [0.25, 0.3) is 0 Å². The standard InChI is InChI=1S/C29H30N2O5/c32-23-8-5-20(6-9-23)27-29(19-31(27)18-22-3-1-2-4-24(22)33)11-13-30(14-12-29)28(34)21-7-10-25-26(17-21)36-16-15-35-25/h1-10,17,27,32-33H,11-16,18-19H2. The summed E-state index contributed by atoms with van der Waals surface area (Å²) in [6, 6.07) is 20.5. The zero-order chi connectivity index (χ0) is 24.7. The number of carbonyl (C=O) groups excluding carboxylic acids is 1. The molecule has 3 aliphatic heterocycles. The summed E-state index contributed by atoms with van der Waals surface area (Å²) in [7, 11) is 0. The predicted octanol–water partition coefficient (Wildman–Crippen LogP) is 4.35. The van der Waals surface area contributed by atoms with Crippen LogP contribution in [-0.2, 0) is 6.54 Å². The van der Waals surface area contributed by atoms with Crippen molar-refractivity contribution < 1.29 is 24.5 Å². The summed E-state index contributed by atoms with van der Waals surface area (Å²) in [6.45, 7) is 3.95. The Hall–Kier alpha value is -3.71. The highest BCUT2D eigenvalue weighted by Crippen LogP contribution is 2.56. The number of phenols is 2. The number of aromatic hydroxyl groups is 2. The van der Waals surface area contributed by atoms with E-state index < -0.39 is 0 Å². The summed E-state index contributed by atoms with van der Waals surface area (Å²) < 4.78 is 11.3. The van der Waals surface area contributed by atoms with Gasteiger partial charge in [-0.2, -0.15) is 0 Å². The summed E-state index contributed by atoms with van der Waals surface area (Å²) in [4.78, 5) is 17.6. The normalized spacial score (nSPS) is 20.7. The number of amides is 1. The largest absolute Gasteiger partial charge is 0.508 e. The van der Waals surface area contributed by atoms with E-state index in [1.54, 1.807) is 24.3 Å². The number of fused-ring (bicyclic) bond motifs is 1. The minimum Gasteiger partial charge on any atom is -0.508 e. The van der Waals surface area contributed by atoms with Crippen LogP contribution in [0, 0.1) is 5.41 Å². The Balaban J connectivity index is 1.19. The van der Waals surface area contributed by atoms with Crippen molar-refractivity contribution in [3.8, 4) is 23.0 Å². The van der Waals surface area contributed by atoms with E-state index in [0.29, 0.717) is 55.7 Å². The number of hydrogen-bond acceptors (Lipinski definition) is 6. The molecule has 3 heterocycles. The number of phenolic OH excluding ortho intramolecular Hbond substituents is 2. The van der Waals surface area contributed by atoms with Crippen molar-refractivity contribution in [3.05, 3.63) is 83.4 Å². The SMILES string of the molecule is O=C(c1ccc2c(c1)OCCO2)N1CCC2(CC1)CN(Cc1ccccc1O)C2c1ccc(O)cc1. The minimum atomic E-state index is 0.0217. The zero-order valence-electron chi connectivity index (χ0n) is 20.1. The lowest BCUT2D eigenvalue weighted by molar-refractivity contribution is -0.113. The van der Waals surface area contributed by atoms with E-state index in [2.05, 4.69) is 4.90 Å². The maximum absolute atomic E-state index is 13.3. The molecule has 7 heteroatoms. The van der Waals surface area contributed by atoms with Gasteiger partial charge in [0.25, 0.3) is 5.91 Å². The van der Waals surface area contributed by atoms with Gasteiger partial charge in [0.15, 0.2) is 11.5 Å². The Morgan fingerprint density at radius 2 is 1.64 bits per heavy atom. The molecule has 36 heavy (non-hydrogen) atoms. The van der Waals surface area contributed by atoms with Crippen LogP contribution >= 0.6 is 0 Å². The molecule has 3 aliphatic rings. The zero-order valence-corrected chi connectivity index (χ0v) is 20.1. The molecule has 3 aromatic carbocycles. The summed E-state index contributed by atoms with van der Waals surface area (Å²) in [5.41, 5.74) is 2.73. The first kappa shape index (κ1) is 22.7. The molecule has 2 fully saturated rings. The quantitative estimate of drug-likeness (QED) is 0.571. The summed E-state index contributed by atoms with van der Waals surface area (Å²) in [5, 5.41) is 20.2. The van der Waals surface area contributed by atoms with E-state index in [9.17, 15) is 15.0 Å². The van der Waals surface area contributed by atoms with Crippen LogP contribution in [0.3, 0.4) is 0 Å². The second-order valence-corrected chi connectivity index (χ2v) is 10.0. The first-order valence-corrected chi connectivity index (χ1v) is 12.5. The van der Waals surface area contributed by atoms with Gasteiger partial charge >= 0.3 is 0 Å². The lowest BCUT2D eigenvalue weighted by Gasteiger charge is -2.61. The maximum atomic E-state index is 13.3. The molecule has 0 saturated carbocycles. The third kappa shape index (κ3) is 4.03. The van der Waals surface area contributed by atoms with Crippen molar-refractivity contribution in [2.75, 3.05) is 32.8 Å². The fourth-order valence-electron chi connectivity index (χ4n) is 6.03. The van der Waals surface area contributed by atoms with Gasteiger partial charge in [-0.05, 0) is 54.8 Å². The van der Waals surface area contributed by atoms with E-state index >= 15 is 0 Å². The molecule has 2 saturated heterocycles. The fourth-order valence-corrected chi connectivity index (χ4v) is 6.03.